The Bertz CT molecular complexity index is 543. The Morgan fingerprint density at radius 2 is 2.35 bits per heavy atom. The van der Waals surface area contributed by atoms with Gasteiger partial charge in [0.25, 0.3) is 0 Å². The largest absolute Gasteiger partial charge is 0.324 e. The fourth-order valence-corrected chi connectivity index (χ4v) is 1.66. The van der Waals surface area contributed by atoms with Crippen molar-refractivity contribution in [3.63, 3.8) is 0 Å². The van der Waals surface area contributed by atoms with Crippen LogP contribution in [0.1, 0.15) is 0 Å². The molecule has 0 radical (unpaired) electrons. The maximum atomic E-state index is 12.9. The highest BCUT2D eigenvalue weighted by molar-refractivity contribution is 14.1. The molecule has 1 aromatic heterocycles. The van der Waals surface area contributed by atoms with E-state index in [1.807, 2.05) is 22.6 Å². The van der Waals surface area contributed by atoms with E-state index in [2.05, 4.69) is 15.4 Å². The number of anilines is 1. The number of nitrogens with one attached hydrogen (secondary N) is 1. The number of halogens is 2. The smallest absolute Gasteiger partial charge is 0.246 e. The summed E-state index contributed by atoms with van der Waals surface area (Å²) in [5.41, 5.74) is 0.421. The van der Waals surface area contributed by atoms with Crippen LogP contribution in [0.4, 0.5) is 10.1 Å². The fraction of sp³-hybridized carbons (Fsp3) is 0.100. The predicted molar refractivity (Wildman–Crippen MR) is 67.8 cm³/mol. The molecule has 0 aliphatic heterocycles. The molecule has 0 bridgehead atoms. The van der Waals surface area contributed by atoms with Crippen molar-refractivity contribution in [3.05, 3.63) is 40.2 Å². The summed E-state index contributed by atoms with van der Waals surface area (Å²) < 4.78 is 14.9. The Morgan fingerprint density at radius 3 is 3.00 bits per heavy atom. The van der Waals surface area contributed by atoms with Gasteiger partial charge in [-0.15, -0.1) is 5.10 Å². The quantitative estimate of drug-likeness (QED) is 0.860. The van der Waals surface area contributed by atoms with Crippen LogP contribution in [0.25, 0.3) is 0 Å². The summed E-state index contributed by atoms with van der Waals surface area (Å²) in [6, 6.07) is 5.72. The number of nitrogens with zero attached hydrogens (tertiary/aromatic N) is 3. The molecule has 0 saturated heterocycles. The Labute approximate surface area is 110 Å². The van der Waals surface area contributed by atoms with Crippen molar-refractivity contribution in [1.29, 1.82) is 0 Å². The van der Waals surface area contributed by atoms with Crippen molar-refractivity contribution < 1.29 is 9.18 Å². The SMILES string of the molecule is O=C(Cn1cnc(I)n1)Nc1cccc(F)c1. The molecule has 1 amide bonds. The van der Waals surface area contributed by atoms with Crippen molar-refractivity contribution >= 4 is 34.2 Å². The van der Waals surface area contributed by atoms with E-state index in [0.717, 1.165) is 0 Å². The van der Waals surface area contributed by atoms with Crippen molar-refractivity contribution in [2.24, 2.45) is 0 Å². The van der Waals surface area contributed by atoms with Crippen LogP contribution in [0.2, 0.25) is 0 Å². The molecule has 2 rings (SSSR count). The number of rotatable bonds is 3. The molecule has 0 unspecified atom stereocenters. The normalized spacial score (nSPS) is 10.2. The highest BCUT2D eigenvalue weighted by atomic mass is 127. The molecule has 1 heterocycles. The molecule has 1 aromatic carbocycles. The van der Waals surface area contributed by atoms with Crippen molar-refractivity contribution in [1.82, 2.24) is 14.8 Å². The lowest BCUT2D eigenvalue weighted by molar-refractivity contribution is -0.116. The second kappa shape index (κ2) is 5.21. The van der Waals surface area contributed by atoms with E-state index >= 15 is 0 Å². The van der Waals surface area contributed by atoms with Crippen LogP contribution in [-0.4, -0.2) is 20.7 Å². The lowest BCUT2D eigenvalue weighted by Gasteiger charge is -2.04. The van der Waals surface area contributed by atoms with E-state index in [0.29, 0.717) is 9.52 Å². The number of hydrogen-bond acceptors (Lipinski definition) is 3. The van der Waals surface area contributed by atoms with Gasteiger partial charge < -0.3 is 5.32 Å². The lowest BCUT2D eigenvalue weighted by atomic mass is 10.3. The average Bonchev–Trinajstić information content (AvgIpc) is 2.63. The summed E-state index contributed by atoms with van der Waals surface area (Å²) in [6.45, 7) is 0.0481. The van der Waals surface area contributed by atoms with Gasteiger partial charge in [-0.1, -0.05) is 6.07 Å². The summed E-state index contributed by atoms with van der Waals surface area (Å²) in [5, 5.41) is 6.54. The minimum absolute atomic E-state index is 0.0481. The molecule has 7 heteroatoms. The van der Waals surface area contributed by atoms with Gasteiger partial charge in [-0.05, 0) is 18.2 Å². The maximum Gasteiger partial charge on any atom is 0.246 e. The predicted octanol–water partition coefficient (Wildman–Crippen LogP) is 1.66. The van der Waals surface area contributed by atoms with Crippen LogP contribution >= 0.6 is 22.6 Å². The Kier molecular flexibility index (Phi) is 3.67. The van der Waals surface area contributed by atoms with E-state index in [-0.39, 0.29) is 12.5 Å². The molecule has 1 N–H and O–H groups in total. The average molecular weight is 346 g/mol. The minimum Gasteiger partial charge on any atom is -0.324 e. The van der Waals surface area contributed by atoms with E-state index < -0.39 is 5.82 Å². The Balaban J connectivity index is 1.98. The van der Waals surface area contributed by atoms with Gasteiger partial charge in [0.2, 0.25) is 9.74 Å². The summed E-state index contributed by atoms with van der Waals surface area (Å²) in [5.74, 6) is -0.671. The molecule has 88 valence electrons. The highest BCUT2D eigenvalue weighted by Crippen LogP contribution is 2.08. The summed E-state index contributed by atoms with van der Waals surface area (Å²) in [4.78, 5) is 15.5. The van der Waals surface area contributed by atoms with Gasteiger partial charge >= 0.3 is 0 Å². The molecule has 0 aliphatic rings. The molecule has 0 spiro atoms. The van der Waals surface area contributed by atoms with E-state index in [1.165, 1.54) is 29.2 Å². The Morgan fingerprint density at radius 1 is 1.53 bits per heavy atom. The molecular formula is C10H8FIN4O. The molecule has 0 fully saturated rings. The zero-order valence-corrected chi connectivity index (χ0v) is 10.8. The molecular weight excluding hydrogens is 338 g/mol. The van der Waals surface area contributed by atoms with Crippen molar-refractivity contribution in [3.8, 4) is 0 Å². The van der Waals surface area contributed by atoms with Gasteiger partial charge in [0, 0.05) is 28.3 Å². The summed E-state index contributed by atoms with van der Waals surface area (Å²) in [6.07, 6.45) is 1.47. The zero-order valence-electron chi connectivity index (χ0n) is 8.60. The van der Waals surface area contributed by atoms with Gasteiger partial charge in [-0.3, -0.25) is 4.79 Å². The first-order valence-electron chi connectivity index (χ1n) is 4.74. The molecule has 0 saturated carbocycles. The Hall–Kier alpha value is -1.51. The maximum absolute atomic E-state index is 12.9. The van der Waals surface area contributed by atoms with Gasteiger partial charge in [0.1, 0.15) is 18.7 Å². The number of carbonyl (C=O) groups is 1. The minimum atomic E-state index is -0.391. The molecule has 0 atom stereocenters. The second-order valence-corrected chi connectivity index (χ2v) is 4.23. The van der Waals surface area contributed by atoms with Crippen molar-refractivity contribution in [2.45, 2.75) is 6.54 Å². The van der Waals surface area contributed by atoms with Crippen molar-refractivity contribution in [2.75, 3.05) is 5.32 Å². The number of hydrogen-bond donors (Lipinski definition) is 1. The van der Waals surface area contributed by atoms with Gasteiger partial charge in [0.15, 0.2) is 0 Å². The van der Waals surface area contributed by atoms with Crippen LogP contribution in [0.5, 0.6) is 0 Å². The van der Waals surface area contributed by atoms with Gasteiger partial charge in [-0.2, -0.15) is 0 Å². The second-order valence-electron chi connectivity index (χ2n) is 3.27. The van der Waals surface area contributed by atoms with E-state index in [9.17, 15) is 9.18 Å². The standard InChI is InChI=1S/C10H8FIN4O/c11-7-2-1-3-8(4-7)14-9(17)5-16-6-13-10(12)15-16/h1-4,6H,5H2,(H,14,17). The van der Waals surface area contributed by atoms with Crippen LogP contribution in [-0.2, 0) is 11.3 Å². The molecule has 2 aromatic rings. The lowest BCUT2D eigenvalue weighted by Crippen LogP contribution is -2.19. The topological polar surface area (TPSA) is 59.8 Å². The van der Waals surface area contributed by atoms with Crippen LogP contribution in [0, 0.1) is 9.65 Å². The third-order valence-corrected chi connectivity index (χ3v) is 2.42. The fourth-order valence-electron chi connectivity index (χ4n) is 1.26. The summed E-state index contributed by atoms with van der Waals surface area (Å²) in [7, 11) is 0. The monoisotopic (exact) mass is 346 g/mol. The van der Waals surface area contributed by atoms with Crippen LogP contribution < -0.4 is 5.32 Å². The van der Waals surface area contributed by atoms with E-state index in [4.69, 9.17) is 0 Å². The number of carbonyl (C=O) groups excluding carboxylic acids is 1. The third kappa shape index (κ3) is 3.48. The number of amides is 1. The van der Waals surface area contributed by atoms with E-state index in [1.54, 1.807) is 6.07 Å². The first kappa shape index (κ1) is 12.0. The molecule has 0 aliphatic carbocycles. The molecule has 17 heavy (non-hydrogen) atoms. The van der Waals surface area contributed by atoms with Crippen LogP contribution in [0.15, 0.2) is 30.6 Å². The van der Waals surface area contributed by atoms with Gasteiger partial charge in [0.05, 0.1) is 0 Å². The molecule has 5 nitrogen and oxygen atoms in total. The first-order valence-corrected chi connectivity index (χ1v) is 5.82. The van der Waals surface area contributed by atoms with Gasteiger partial charge in [-0.25, -0.2) is 14.1 Å². The zero-order chi connectivity index (χ0) is 12.3. The number of benzene rings is 1. The summed E-state index contributed by atoms with van der Waals surface area (Å²) >= 11 is 1.95. The first-order chi connectivity index (χ1) is 8.13. The third-order valence-electron chi connectivity index (χ3n) is 1.92. The van der Waals surface area contributed by atoms with Crippen LogP contribution in [0.3, 0.4) is 0 Å². The highest BCUT2D eigenvalue weighted by Gasteiger charge is 2.05. The number of aromatic nitrogens is 3.